The van der Waals surface area contributed by atoms with Crippen LogP contribution in [0, 0.1) is 0 Å². The van der Waals surface area contributed by atoms with Crippen molar-refractivity contribution in [3.8, 4) is 11.4 Å². The fraction of sp³-hybridized carbons (Fsp3) is 0. The topological polar surface area (TPSA) is 30.2 Å². The molecule has 2 heterocycles. The van der Waals surface area contributed by atoms with Crippen LogP contribution in [-0.4, -0.2) is 14.6 Å². The summed E-state index contributed by atoms with van der Waals surface area (Å²) >= 11 is 15.7. The molecule has 0 aliphatic heterocycles. The monoisotopic (exact) mass is 341 g/mol. The molecule has 2 aromatic heterocycles. The first-order valence-electron chi connectivity index (χ1n) is 5.11. The Labute approximate surface area is 121 Å². The van der Waals surface area contributed by atoms with Crippen molar-refractivity contribution in [2.45, 2.75) is 0 Å². The van der Waals surface area contributed by atoms with Gasteiger partial charge in [0.1, 0.15) is 0 Å². The molecule has 1 aromatic carbocycles. The van der Waals surface area contributed by atoms with Crippen LogP contribution in [0.3, 0.4) is 0 Å². The third-order valence-corrected chi connectivity index (χ3v) is 3.68. The summed E-state index contributed by atoms with van der Waals surface area (Å²) in [7, 11) is 0. The second-order valence-electron chi connectivity index (χ2n) is 3.69. The highest BCUT2D eigenvalue weighted by Gasteiger charge is 2.14. The number of nitrogens with zero attached hydrogens (tertiary/aromatic N) is 3. The molecule has 0 amide bonds. The van der Waals surface area contributed by atoms with Crippen molar-refractivity contribution in [1.29, 1.82) is 0 Å². The lowest BCUT2D eigenvalue weighted by Gasteiger charge is -2.04. The average Bonchev–Trinajstić information content (AvgIpc) is 2.72. The van der Waals surface area contributed by atoms with E-state index in [2.05, 4.69) is 26.1 Å². The number of aromatic nitrogens is 3. The molecule has 0 spiro atoms. The summed E-state index contributed by atoms with van der Waals surface area (Å²) in [6, 6.07) is 9.14. The van der Waals surface area contributed by atoms with Gasteiger partial charge in [-0.3, -0.25) is 4.40 Å². The van der Waals surface area contributed by atoms with E-state index >= 15 is 0 Å². The van der Waals surface area contributed by atoms with E-state index in [9.17, 15) is 0 Å². The number of benzene rings is 1. The lowest BCUT2D eigenvalue weighted by Crippen LogP contribution is -1.90. The van der Waals surface area contributed by atoms with Gasteiger partial charge in [-0.05, 0) is 24.3 Å². The summed E-state index contributed by atoms with van der Waals surface area (Å²) < 4.78 is 2.79. The van der Waals surface area contributed by atoms with E-state index in [0.29, 0.717) is 21.4 Å². The minimum atomic E-state index is 0.555. The molecule has 0 fully saturated rings. The third kappa shape index (κ3) is 1.90. The molecule has 0 saturated heterocycles. The molecule has 0 aliphatic rings. The number of hydrogen-bond acceptors (Lipinski definition) is 2. The second-order valence-corrected chi connectivity index (χ2v) is 5.42. The largest absolute Gasteiger partial charge is 0.282 e. The van der Waals surface area contributed by atoms with E-state index in [4.69, 9.17) is 23.2 Å². The molecule has 3 nitrogen and oxygen atoms in total. The minimum Gasteiger partial charge on any atom is -0.282 e. The van der Waals surface area contributed by atoms with Gasteiger partial charge in [-0.2, -0.15) is 0 Å². The van der Waals surface area contributed by atoms with E-state index in [1.807, 2.05) is 22.7 Å². The summed E-state index contributed by atoms with van der Waals surface area (Å²) in [5, 5.41) is 9.37. The molecule has 18 heavy (non-hydrogen) atoms. The van der Waals surface area contributed by atoms with E-state index in [1.165, 1.54) is 0 Å². The van der Waals surface area contributed by atoms with Gasteiger partial charge in [0.25, 0.3) is 0 Å². The molecule has 6 heteroatoms. The van der Waals surface area contributed by atoms with Gasteiger partial charge in [0.15, 0.2) is 11.5 Å². The summed E-state index contributed by atoms with van der Waals surface area (Å²) in [4.78, 5) is 0. The second kappa shape index (κ2) is 4.53. The lowest BCUT2D eigenvalue weighted by atomic mass is 10.2. The molecule has 0 radical (unpaired) electrons. The number of pyridine rings is 1. The van der Waals surface area contributed by atoms with Crippen LogP contribution < -0.4 is 0 Å². The molecule has 0 N–H and O–H groups in total. The van der Waals surface area contributed by atoms with Gasteiger partial charge in [0.05, 0.1) is 15.6 Å². The number of hydrogen-bond donors (Lipinski definition) is 0. The number of rotatable bonds is 1. The summed E-state index contributed by atoms with van der Waals surface area (Å²) in [6.07, 6.45) is 1.87. The highest BCUT2D eigenvalue weighted by Crippen LogP contribution is 2.33. The summed E-state index contributed by atoms with van der Waals surface area (Å²) in [5.74, 6) is 0.633. The fourth-order valence-electron chi connectivity index (χ4n) is 1.75. The van der Waals surface area contributed by atoms with Crippen LogP contribution in [-0.2, 0) is 0 Å². The maximum absolute atomic E-state index is 6.18. The third-order valence-electron chi connectivity index (χ3n) is 2.56. The number of fused-ring (bicyclic) bond motifs is 1. The molecule has 3 rings (SSSR count). The fourth-order valence-corrected chi connectivity index (χ4v) is 2.64. The highest BCUT2D eigenvalue weighted by molar-refractivity contribution is 9.10. The molecule has 0 saturated carbocycles. The normalized spacial score (nSPS) is 11.1. The molecular formula is C12H6BrCl2N3. The zero-order valence-electron chi connectivity index (χ0n) is 8.94. The van der Waals surface area contributed by atoms with Gasteiger partial charge >= 0.3 is 0 Å². The first-order valence-corrected chi connectivity index (χ1v) is 6.66. The zero-order valence-corrected chi connectivity index (χ0v) is 12.0. The van der Waals surface area contributed by atoms with Crippen LogP contribution >= 0.6 is 39.1 Å². The Balaban J connectivity index is 2.32. The highest BCUT2D eigenvalue weighted by atomic mass is 79.9. The number of halogens is 3. The van der Waals surface area contributed by atoms with E-state index in [0.717, 1.165) is 10.1 Å². The Bertz CT molecular complexity index is 719. The SMILES string of the molecule is Clc1cccc(Cl)c1-c1nnc2cc(Br)ccn12. The zero-order chi connectivity index (χ0) is 12.7. The standard InChI is InChI=1S/C12H6BrCl2N3/c13-7-4-5-18-10(6-7)16-17-12(18)11-8(14)2-1-3-9(11)15/h1-6H. The van der Waals surface area contributed by atoms with Crippen molar-refractivity contribution in [2.24, 2.45) is 0 Å². The first kappa shape index (κ1) is 12.0. The Morgan fingerprint density at radius 3 is 2.50 bits per heavy atom. The van der Waals surface area contributed by atoms with Crippen LogP contribution in [0.15, 0.2) is 41.0 Å². The Kier molecular flexibility index (Phi) is 3.01. The van der Waals surface area contributed by atoms with Gasteiger partial charge in [-0.1, -0.05) is 45.2 Å². The average molecular weight is 343 g/mol. The van der Waals surface area contributed by atoms with Crippen molar-refractivity contribution >= 4 is 44.8 Å². The maximum Gasteiger partial charge on any atom is 0.171 e. The van der Waals surface area contributed by atoms with Gasteiger partial charge in [0.2, 0.25) is 0 Å². The van der Waals surface area contributed by atoms with Crippen LogP contribution in [0.5, 0.6) is 0 Å². The summed E-state index contributed by atoms with van der Waals surface area (Å²) in [6.45, 7) is 0. The van der Waals surface area contributed by atoms with Crippen molar-refractivity contribution in [2.75, 3.05) is 0 Å². The van der Waals surface area contributed by atoms with E-state index in [-0.39, 0.29) is 0 Å². The van der Waals surface area contributed by atoms with Gasteiger partial charge in [-0.25, -0.2) is 0 Å². The molecule has 0 atom stereocenters. The van der Waals surface area contributed by atoms with Crippen molar-refractivity contribution in [1.82, 2.24) is 14.6 Å². The Morgan fingerprint density at radius 2 is 1.78 bits per heavy atom. The van der Waals surface area contributed by atoms with Gasteiger partial charge in [-0.15, -0.1) is 10.2 Å². The quantitative estimate of drug-likeness (QED) is 0.653. The van der Waals surface area contributed by atoms with Crippen molar-refractivity contribution in [3.05, 3.63) is 51.0 Å². The Morgan fingerprint density at radius 1 is 1.06 bits per heavy atom. The summed E-state index contributed by atoms with van der Waals surface area (Å²) in [5.41, 5.74) is 1.42. The molecule has 0 aliphatic carbocycles. The maximum atomic E-state index is 6.18. The van der Waals surface area contributed by atoms with Crippen LogP contribution in [0.1, 0.15) is 0 Å². The lowest BCUT2D eigenvalue weighted by molar-refractivity contribution is 1.11. The first-order chi connectivity index (χ1) is 8.66. The molecule has 90 valence electrons. The predicted molar refractivity (Wildman–Crippen MR) is 76.1 cm³/mol. The van der Waals surface area contributed by atoms with Gasteiger partial charge in [0, 0.05) is 10.7 Å². The van der Waals surface area contributed by atoms with E-state index < -0.39 is 0 Å². The van der Waals surface area contributed by atoms with Crippen LogP contribution in [0.2, 0.25) is 10.0 Å². The van der Waals surface area contributed by atoms with Gasteiger partial charge < -0.3 is 0 Å². The molecule has 0 unspecified atom stereocenters. The van der Waals surface area contributed by atoms with Crippen molar-refractivity contribution in [3.63, 3.8) is 0 Å². The van der Waals surface area contributed by atoms with Crippen LogP contribution in [0.4, 0.5) is 0 Å². The van der Waals surface area contributed by atoms with Crippen LogP contribution in [0.25, 0.3) is 17.0 Å². The van der Waals surface area contributed by atoms with Crippen molar-refractivity contribution < 1.29 is 0 Å². The molecule has 3 aromatic rings. The predicted octanol–water partition coefficient (Wildman–Crippen LogP) is 4.47. The minimum absolute atomic E-state index is 0.555. The molecule has 0 bridgehead atoms. The smallest absolute Gasteiger partial charge is 0.171 e. The Hall–Kier alpha value is -1.10. The molecular weight excluding hydrogens is 337 g/mol. The van der Waals surface area contributed by atoms with E-state index in [1.54, 1.807) is 18.2 Å².